The van der Waals surface area contributed by atoms with E-state index in [4.69, 9.17) is 0 Å². The van der Waals surface area contributed by atoms with Gasteiger partial charge in [0, 0.05) is 65.8 Å². The van der Waals surface area contributed by atoms with E-state index in [9.17, 15) is 0 Å². The largest absolute Gasteiger partial charge is 0.368 e. The Balaban J connectivity index is 1.14. The van der Waals surface area contributed by atoms with Crippen LogP contribution in [0.15, 0.2) is 91.3 Å². The lowest BCUT2D eigenvalue weighted by atomic mass is 10.1. The molecule has 0 amide bonds. The van der Waals surface area contributed by atoms with Crippen LogP contribution in [0.5, 0.6) is 0 Å². The molecular formula is C29H29N3S. The molecule has 0 atom stereocenters. The lowest BCUT2D eigenvalue weighted by molar-refractivity contribution is 0.261. The van der Waals surface area contributed by atoms with E-state index < -0.39 is 0 Å². The maximum Gasteiger partial charge on any atom is 0.0564 e. The number of nitrogens with zero attached hydrogens (tertiary/aromatic N) is 3. The molecule has 0 N–H and O–H groups in total. The van der Waals surface area contributed by atoms with Gasteiger partial charge in [0.25, 0.3) is 0 Å². The highest BCUT2D eigenvalue weighted by Crippen LogP contribution is 2.34. The summed E-state index contributed by atoms with van der Waals surface area (Å²) in [5, 5.41) is 4.03. The predicted octanol–water partition coefficient (Wildman–Crippen LogP) is 6.27. The molecule has 0 saturated carbocycles. The third-order valence-corrected chi connectivity index (χ3v) is 7.89. The summed E-state index contributed by atoms with van der Waals surface area (Å²) in [4.78, 5) is 6.61. The Kier molecular flexibility index (Phi) is 5.63. The molecule has 0 radical (unpaired) electrons. The van der Waals surface area contributed by atoms with Gasteiger partial charge in [-0.2, -0.15) is 0 Å². The van der Waals surface area contributed by atoms with E-state index in [1.165, 1.54) is 37.0 Å². The topological polar surface area (TPSA) is 11.4 Å². The number of piperazine rings is 1. The van der Waals surface area contributed by atoms with E-state index in [1.54, 1.807) is 0 Å². The second-order valence-electron chi connectivity index (χ2n) is 9.03. The van der Waals surface area contributed by atoms with Crippen molar-refractivity contribution in [2.45, 2.75) is 13.0 Å². The van der Waals surface area contributed by atoms with Gasteiger partial charge in [0.1, 0.15) is 0 Å². The summed E-state index contributed by atoms with van der Waals surface area (Å²) in [5.74, 6) is 0. The smallest absolute Gasteiger partial charge is 0.0564 e. The van der Waals surface area contributed by atoms with Crippen molar-refractivity contribution >= 4 is 37.9 Å². The van der Waals surface area contributed by atoms with Crippen LogP contribution in [0.25, 0.3) is 20.9 Å². The summed E-state index contributed by atoms with van der Waals surface area (Å²) >= 11 is 1.93. The number of fused-ring (bicyclic) bond motifs is 2. The van der Waals surface area contributed by atoms with Crippen LogP contribution in [-0.4, -0.2) is 42.2 Å². The molecule has 2 aromatic heterocycles. The molecule has 166 valence electrons. The summed E-state index contributed by atoms with van der Waals surface area (Å²) in [6.45, 7) is 6.55. The second kappa shape index (κ2) is 9.05. The molecule has 1 aliphatic heterocycles. The molecule has 1 fully saturated rings. The molecule has 4 heteroatoms. The third-order valence-electron chi connectivity index (χ3n) is 6.81. The number of benzene rings is 3. The van der Waals surface area contributed by atoms with Gasteiger partial charge in [-0.1, -0.05) is 60.7 Å². The van der Waals surface area contributed by atoms with Crippen molar-refractivity contribution in [3.8, 4) is 0 Å². The molecule has 1 aliphatic rings. The highest BCUT2D eigenvalue weighted by Gasteiger charge is 2.19. The average molecular weight is 452 g/mol. The van der Waals surface area contributed by atoms with Crippen LogP contribution in [0.3, 0.4) is 0 Å². The van der Waals surface area contributed by atoms with Crippen molar-refractivity contribution in [3.63, 3.8) is 0 Å². The third kappa shape index (κ3) is 4.41. The van der Waals surface area contributed by atoms with E-state index >= 15 is 0 Å². The molecule has 3 nitrogen and oxygen atoms in total. The molecule has 0 aliphatic carbocycles. The summed E-state index contributed by atoms with van der Waals surface area (Å²) in [6.07, 6.45) is 5.66. The summed E-state index contributed by atoms with van der Waals surface area (Å²) in [7, 11) is 0. The zero-order chi connectivity index (χ0) is 22.0. The molecule has 0 unspecified atom stereocenters. The van der Waals surface area contributed by atoms with Crippen LogP contribution in [0.1, 0.15) is 10.4 Å². The van der Waals surface area contributed by atoms with Crippen molar-refractivity contribution in [2.75, 3.05) is 37.6 Å². The quantitative estimate of drug-likeness (QED) is 0.301. The Labute approximate surface area is 199 Å². The van der Waals surface area contributed by atoms with Crippen LogP contribution >= 0.6 is 11.3 Å². The van der Waals surface area contributed by atoms with Gasteiger partial charge in [0.2, 0.25) is 0 Å². The summed E-state index contributed by atoms with van der Waals surface area (Å²) in [5.41, 5.74) is 2.83. The number of thiophene rings is 1. The van der Waals surface area contributed by atoms with E-state index in [0.29, 0.717) is 0 Å². The summed E-state index contributed by atoms with van der Waals surface area (Å²) in [6, 6.07) is 28.7. The minimum atomic E-state index is 0.931. The lowest BCUT2D eigenvalue weighted by Crippen LogP contribution is -2.47. The first-order valence-electron chi connectivity index (χ1n) is 11.9. The van der Waals surface area contributed by atoms with Crippen molar-refractivity contribution in [1.82, 2.24) is 9.47 Å². The van der Waals surface area contributed by atoms with Gasteiger partial charge >= 0.3 is 0 Å². The van der Waals surface area contributed by atoms with E-state index in [0.717, 1.165) is 45.7 Å². The van der Waals surface area contributed by atoms with Gasteiger partial charge in [-0.05, 0) is 41.0 Å². The molecule has 1 saturated heterocycles. The van der Waals surface area contributed by atoms with Gasteiger partial charge < -0.3 is 9.47 Å². The van der Waals surface area contributed by atoms with Crippen LogP contribution in [0, 0.1) is 0 Å². The molecule has 33 heavy (non-hydrogen) atoms. The minimum absolute atomic E-state index is 0.931. The van der Waals surface area contributed by atoms with E-state index in [-0.39, 0.29) is 0 Å². The average Bonchev–Trinajstić information content (AvgIpc) is 3.46. The molecule has 6 rings (SSSR count). The second-order valence-corrected chi connectivity index (χ2v) is 10.2. The van der Waals surface area contributed by atoms with Crippen LogP contribution < -0.4 is 4.90 Å². The zero-order valence-electron chi connectivity index (χ0n) is 18.9. The fourth-order valence-corrected chi connectivity index (χ4v) is 6.10. The zero-order valence-corrected chi connectivity index (χ0v) is 19.7. The van der Waals surface area contributed by atoms with Gasteiger partial charge in [0.05, 0.1) is 6.54 Å². The first-order valence-corrected chi connectivity index (χ1v) is 12.7. The first kappa shape index (κ1) is 20.5. The van der Waals surface area contributed by atoms with Gasteiger partial charge in [-0.15, -0.1) is 11.3 Å². The summed E-state index contributed by atoms with van der Waals surface area (Å²) < 4.78 is 3.71. The van der Waals surface area contributed by atoms with Crippen molar-refractivity contribution in [2.24, 2.45) is 0 Å². The van der Waals surface area contributed by atoms with Gasteiger partial charge in [-0.25, -0.2) is 0 Å². The van der Waals surface area contributed by atoms with Crippen molar-refractivity contribution < 1.29 is 0 Å². The van der Waals surface area contributed by atoms with Crippen LogP contribution in [-0.2, 0) is 13.0 Å². The Morgan fingerprint density at radius 3 is 2.21 bits per heavy atom. The fraction of sp³-hybridized carbons (Fsp3) is 0.241. The number of hydrogen-bond acceptors (Lipinski definition) is 3. The predicted molar refractivity (Wildman–Crippen MR) is 142 cm³/mol. The van der Waals surface area contributed by atoms with Crippen LogP contribution in [0.4, 0.5) is 5.69 Å². The molecule has 3 heterocycles. The SMILES string of the molecule is c1ccc(CCN2CCN(c3cccc4sc(Cn5cc6ccccc6c5)cc34)CC2)cc1. The highest BCUT2D eigenvalue weighted by atomic mass is 32.1. The Bertz CT molecular complexity index is 1330. The molecule has 0 spiro atoms. The van der Waals surface area contributed by atoms with Gasteiger partial charge in [-0.3, -0.25) is 4.90 Å². The number of hydrogen-bond donors (Lipinski definition) is 0. The number of aromatic nitrogens is 1. The van der Waals surface area contributed by atoms with Crippen molar-refractivity contribution in [1.29, 1.82) is 0 Å². The van der Waals surface area contributed by atoms with E-state index in [2.05, 4.69) is 106 Å². The minimum Gasteiger partial charge on any atom is -0.368 e. The van der Waals surface area contributed by atoms with Gasteiger partial charge in [0.15, 0.2) is 0 Å². The first-order chi connectivity index (χ1) is 16.3. The maximum absolute atomic E-state index is 2.61. The molecule has 0 bridgehead atoms. The Hall–Kier alpha value is -3.08. The van der Waals surface area contributed by atoms with Crippen LogP contribution in [0.2, 0.25) is 0 Å². The number of anilines is 1. The monoisotopic (exact) mass is 451 g/mol. The highest BCUT2D eigenvalue weighted by molar-refractivity contribution is 7.19. The fourth-order valence-electron chi connectivity index (χ4n) is 5.01. The number of rotatable bonds is 6. The Morgan fingerprint density at radius 1 is 0.727 bits per heavy atom. The Morgan fingerprint density at radius 2 is 1.45 bits per heavy atom. The standard InChI is InChI=1S/C29H29N3S/c1-2-7-23(8-3-1)13-14-30-15-17-32(18-16-30)28-11-6-12-29-27(28)19-26(33-29)22-31-20-24-9-4-5-10-25(24)21-31/h1-12,19-21H,13-18,22H2. The normalized spacial score (nSPS) is 15.0. The maximum atomic E-state index is 2.61. The lowest BCUT2D eigenvalue weighted by Gasteiger charge is -2.36. The molecule has 3 aromatic carbocycles. The molecular weight excluding hydrogens is 422 g/mol. The molecule has 5 aromatic rings. The van der Waals surface area contributed by atoms with E-state index in [1.807, 2.05) is 11.3 Å². The van der Waals surface area contributed by atoms with Crippen molar-refractivity contribution in [3.05, 3.63) is 102 Å².